The first-order valence-electron chi connectivity index (χ1n) is 5.53. The summed E-state index contributed by atoms with van der Waals surface area (Å²) in [5.74, 6) is 1.14. The molecule has 1 aromatic rings. The molecule has 1 aromatic heterocycles. The lowest BCUT2D eigenvalue weighted by Crippen LogP contribution is -2.42. The molecule has 2 rings (SSSR count). The van der Waals surface area contributed by atoms with Gasteiger partial charge in [0.15, 0.2) is 5.96 Å². The molecular weight excluding hydrogens is 322 g/mol. The van der Waals surface area contributed by atoms with Crippen LogP contribution < -0.4 is 26.6 Å². The van der Waals surface area contributed by atoms with Gasteiger partial charge < -0.3 is 17.2 Å². The smallest absolute Gasteiger partial charge is 0.278 e. The van der Waals surface area contributed by atoms with Crippen molar-refractivity contribution >= 4 is 44.4 Å². The Morgan fingerprint density at radius 1 is 1.50 bits per heavy atom. The lowest BCUT2D eigenvalue weighted by atomic mass is 10.3. The Bertz CT molecular complexity index is 595. The van der Waals surface area contributed by atoms with E-state index < -0.39 is 16.4 Å². The molecule has 2 atom stereocenters. The molecule has 0 radical (unpaired) electrons. The number of aromatic nitrogens is 1. The van der Waals surface area contributed by atoms with E-state index >= 15 is 0 Å². The third-order valence-electron chi connectivity index (χ3n) is 2.34. The van der Waals surface area contributed by atoms with Crippen LogP contribution in [0, 0.1) is 0 Å². The van der Waals surface area contributed by atoms with Gasteiger partial charge in [-0.05, 0) is 0 Å². The van der Waals surface area contributed by atoms with Gasteiger partial charge in [0, 0.05) is 16.9 Å². The maximum atomic E-state index is 11.2. The van der Waals surface area contributed by atoms with E-state index in [1.807, 2.05) is 5.38 Å². The average Bonchev–Trinajstić information content (AvgIpc) is 2.83. The number of thiazole rings is 1. The number of aliphatic imine (C=N–C) groups is 1. The van der Waals surface area contributed by atoms with E-state index in [1.54, 1.807) is 0 Å². The van der Waals surface area contributed by atoms with Gasteiger partial charge in [-0.2, -0.15) is 34.6 Å². The maximum absolute atomic E-state index is 11.2. The van der Waals surface area contributed by atoms with Crippen molar-refractivity contribution in [1.82, 2.24) is 14.4 Å². The van der Waals surface area contributed by atoms with Crippen LogP contribution in [0.4, 0.5) is 5.13 Å². The van der Waals surface area contributed by atoms with Crippen molar-refractivity contribution in [2.24, 2.45) is 22.2 Å². The number of hydrogen-bond donors (Lipinski definition) is 5. The summed E-state index contributed by atoms with van der Waals surface area (Å²) >= 11 is 2.87. The number of nitrogens with one attached hydrogen (secondary N) is 2. The van der Waals surface area contributed by atoms with Crippen LogP contribution in [0.1, 0.15) is 5.69 Å². The third kappa shape index (κ3) is 4.29. The molecule has 0 aromatic carbocycles. The normalized spacial score (nSPS) is 24.6. The van der Waals surface area contributed by atoms with E-state index in [2.05, 4.69) is 19.4 Å². The van der Waals surface area contributed by atoms with E-state index in [-0.39, 0.29) is 12.0 Å². The van der Waals surface area contributed by atoms with Gasteiger partial charge in [-0.1, -0.05) is 0 Å². The number of nitrogens with zero attached hydrogens (tertiary/aromatic N) is 2. The van der Waals surface area contributed by atoms with E-state index in [0.29, 0.717) is 16.6 Å². The zero-order valence-electron chi connectivity index (χ0n) is 10.3. The molecule has 112 valence electrons. The third-order valence-corrected chi connectivity index (χ3v) is 5.42. The lowest BCUT2D eigenvalue weighted by Gasteiger charge is -2.11. The minimum absolute atomic E-state index is 0.0315. The van der Waals surface area contributed by atoms with Crippen LogP contribution in [0.3, 0.4) is 0 Å². The summed E-state index contributed by atoms with van der Waals surface area (Å²) in [6.07, 6.45) is -0.611. The number of guanidine groups is 1. The standard InChI is InChI=1S/C8H15N7O2S3/c9-6-5(14-20(16,17)15-6)3-18-1-4-2-19-8(12-4)13-7(10)11/h2,5-6,14-15H,1,3,9H2,(H4,10,11,12,13). The number of hydrogen-bond acceptors (Lipinski definition) is 7. The zero-order chi connectivity index (χ0) is 14.8. The van der Waals surface area contributed by atoms with Crippen molar-refractivity contribution in [2.75, 3.05) is 5.75 Å². The van der Waals surface area contributed by atoms with Crippen LogP contribution >= 0.6 is 23.1 Å². The molecule has 1 aliphatic heterocycles. The second-order valence-electron chi connectivity index (χ2n) is 4.04. The second-order valence-corrected chi connectivity index (χ2v) is 7.39. The van der Waals surface area contributed by atoms with Gasteiger partial charge >= 0.3 is 0 Å². The van der Waals surface area contributed by atoms with E-state index in [9.17, 15) is 8.42 Å². The Hall–Kier alpha value is -0.920. The fourth-order valence-corrected chi connectivity index (χ4v) is 4.68. The fraction of sp³-hybridized carbons (Fsp3) is 0.500. The van der Waals surface area contributed by atoms with Gasteiger partial charge in [0.2, 0.25) is 5.13 Å². The molecule has 1 fully saturated rings. The first-order chi connectivity index (χ1) is 9.35. The van der Waals surface area contributed by atoms with Gasteiger partial charge in [0.1, 0.15) is 0 Å². The molecule has 8 N–H and O–H groups in total. The Kier molecular flexibility index (Phi) is 4.82. The quantitative estimate of drug-likeness (QED) is 0.318. The van der Waals surface area contributed by atoms with Crippen molar-refractivity contribution in [3.8, 4) is 0 Å². The largest absolute Gasteiger partial charge is 0.370 e. The van der Waals surface area contributed by atoms with Crippen molar-refractivity contribution in [1.29, 1.82) is 0 Å². The second kappa shape index (κ2) is 6.24. The minimum Gasteiger partial charge on any atom is -0.370 e. The van der Waals surface area contributed by atoms with E-state index in [1.165, 1.54) is 23.1 Å². The summed E-state index contributed by atoms with van der Waals surface area (Å²) in [5.41, 5.74) is 17.0. The highest BCUT2D eigenvalue weighted by Crippen LogP contribution is 2.22. The van der Waals surface area contributed by atoms with E-state index in [4.69, 9.17) is 17.2 Å². The van der Waals surface area contributed by atoms with Crippen LogP contribution in [0.2, 0.25) is 0 Å². The molecule has 1 aliphatic rings. The van der Waals surface area contributed by atoms with Gasteiger partial charge in [-0.15, -0.1) is 11.3 Å². The van der Waals surface area contributed by atoms with Crippen molar-refractivity contribution in [2.45, 2.75) is 18.0 Å². The van der Waals surface area contributed by atoms with Crippen molar-refractivity contribution in [3.63, 3.8) is 0 Å². The molecule has 0 amide bonds. The summed E-state index contributed by atoms with van der Waals surface area (Å²) in [5, 5.41) is 2.35. The van der Waals surface area contributed by atoms with Gasteiger partial charge in [0.05, 0.1) is 17.9 Å². The zero-order valence-corrected chi connectivity index (χ0v) is 12.8. The SMILES string of the molecule is NC(N)=Nc1nc(CSCC2NS(=O)(=O)NC2N)cs1. The Morgan fingerprint density at radius 3 is 2.85 bits per heavy atom. The Balaban J connectivity index is 1.82. The molecule has 12 heteroatoms. The van der Waals surface area contributed by atoms with Gasteiger partial charge in [0.25, 0.3) is 10.2 Å². The van der Waals surface area contributed by atoms with Crippen LogP contribution in [0.25, 0.3) is 0 Å². The highest BCUT2D eigenvalue weighted by atomic mass is 32.2. The molecular formula is C8H15N7O2S3. The molecule has 1 saturated heterocycles. The van der Waals surface area contributed by atoms with Gasteiger partial charge in [-0.25, -0.2) is 4.98 Å². The number of thioether (sulfide) groups is 1. The summed E-state index contributed by atoms with van der Waals surface area (Å²) in [7, 11) is -3.45. The molecule has 20 heavy (non-hydrogen) atoms. The van der Waals surface area contributed by atoms with Crippen LogP contribution in [-0.2, 0) is 16.0 Å². The predicted octanol–water partition coefficient (Wildman–Crippen LogP) is -1.63. The Labute approximate surface area is 124 Å². The highest BCUT2D eigenvalue weighted by molar-refractivity contribution is 7.98. The molecule has 0 bridgehead atoms. The topological polar surface area (TPSA) is 162 Å². The first-order valence-corrected chi connectivity index (χ1v) is 9.04. The van der Waals surface area contributed by atoms with Crippen molar-refractivity contribution in [3.05, 3.63) is 11.1 Å². The Morgan fingerprint density at radius 2 is 2.25 bits per heavy atom. The number of nitrogens with two attached hydrogens (primary N) is 3. The summed E-state index contributed by atoms with van der Waals surface area (Å²) < 4.78 is 27.2. The van der Waals surface area contributed by atoms with Gasteiger partial charge in [-0.3, -0.25) is 0 Å². The molecule has 0 saturated carbocycles. The first kappa shape index (κ1) is 15.5. The summed E-state index contributed by atoms with van der Waals surface area (Å²) in [4.78, 5) is 8.07. The monoisotopic (exact) mass is 337 g/mol. The number of rotatable bonds is 5. The highest BCUT2D eigenvalue weighted by Gasteiger charge is 2.33. The predicted molar refractivity (Wildman–Crippen MR) is 80.7 cm³/mol. The summed E-state index contributed by atoms with van der Waals surface area (Å²) in [6.45, 7) is 0. The average molecular weight is 337 g/mol. The summed E-state index contributed by atoms with van der Waals surface area (Å²) in [6, 6.07) is -0.333. The molecule has 9 nitrogen and oxygen atoms in total. The fourth-order valence-electron chi connectivity index (χ4n) is 1.52. The van der Waals surface area contributed by atoms with E-state index in [0.717, 1.165) is 5.69 Å². The lowest BCUT2D eigenvalue weighted by molar-refractivity contribution is 0.567. The van der Waals surface area contributed by atoms with Crippen LogP contribution in [0.5, 0.6) is 0 Å². The molecule has 0 aliphatic carbocycles. The maximum Gasteiger partial charge on any atom is 0.278 e. The minimum atomic E-state index is -3.45. The molecule has 2 unspecified atom stereocenters. The van der Waals surface area contributed by atoms with Crippen LogP contribution in [-0.4, -0.2) is 37.3 Å². The van der Waals surface area contributed by atoms with Crippen LogP contribution in [0.15, 0.2) is 10.4 Å². The molecule has 2 heterocycles. The molecule has 0 spiro atoms. The van der Waals surface area contributed by atoms with Crippen molar-refractivity contribution < 1.29 is 8.42 Å².